The zero-order valence-corrected chi connectivity index (χ0v) is 28.5. The van der Waals surface area contributed by atoms with E-state index in [1.165, 1.54) is 6.08 Å². The van der Waals surface area contributed by atoms with Crippen LogP contribution in [0.5, 0.6) is 5.75 Å². The summed E-state index contributed by atoms with van der Waals surface area (Å²) in [6.07, 6.45) is 1.46. The summed E-state index contributed by atoms with van der Waals surface area (Å²) >= 11 is 0. The van der Waals surface area contributed by atoms with Crippen molar-refractivity contribution in [1.82, 2.24) is 20.4 Å². The number of nitrogens with zero attached hydrogens (tertiary/aromatic N) is 2. The lowest BCUT2D eigenvalue weighted by atomic mass is 9.90. The maximum atomic E-state index is 13.5. The smallest absolute Gasteiger partial charge is 0.345 e. The molecule has 47 heavy (non-hydrogen) atoms. The molecule has 2 aromatic rings. The van der Waals surface area contributed by atoms with Gasteiger partial charge >= 0.3 is 11.9 Å². The van der Waals surface area contributed by atoms with Gasteiger partial charge in [0.05, 0.1) is 31.3 Å². The highest BCUT2D eigenvalue weighted by atomic mass is 16.6. The van der Waals surface area contributed by atoms with E-state index in [1.54, 1.807) is 29.0 Å². The molecule has 0 bridgehead atoms. The van der Waals surface area contributed by atoms with Gasteiger partial charge in [0.15, 0.2) is 0 Å². The predicted molar refractivity (Wildman–Crippen MR) is 183 cm³/mol. The molecular formula is C36H52N4O7. The Bertz CT molecular complexity index is 1480. The zero-order valence-electron chi connectivity index (χ0n) is 28.5. The average molecular weight is 653 g/mol. The Balaban J connectivity index is 0.00000600. The van der Waals surface area contributed by atoms with Crippen molar-refractivity contribution in [2.75, 3.05) is 46.5 Å². The van der Waals surface area contributed by atoms with Crippen LogP contribution < -0.4 is 15.4 Å². The topological polar surface area (TPSA) is 127 Å². The lowest BCUT2D eigenvalue weighted by molar-refractivity contribution is -0.152. The summed E-state index contributed by atoms with van der Waals surface area (Å²) in [6.45, 7) is 16.3. The van der Waals surface area contributed by atoms with E-state index in [1.807, 2.05) is 79.7 Å². The van der Waals surface area contributed by atoms with Gasteiger partial charge in [-0.15, -0.1) is 0 Å². The molecule has 2 aliphatic heterocycles. The number of nitrogens with one attached hydrogen (secondary N) is 2. The van der Waals surface area contributed by atoms with Gasteiger partial charge in [0.25, 0.3) is 0 Å². The van der Waals surface area contributed by atoms with Gasteiger partial charge in [-0.1, -0.05) is 37.8 Å². The lowest BCUT2D eigenvalue weighted by Gasteiger charge is -2.47. The van der Waals surface area contributed by atoms with Crippen LogP contribution in [-0.4, -0.2) is 102 Å². The quantitative estimate of drug-likeness (QED) is 0.170. The highest BCUT2D eigenvalue weighted by Crippen LogP contribution is 2.30. The van der Waals surface area contributed by atoms with Gasteiger partial charge in [-0.2, -0.15) is 0 Å². The normalized spacial score (nSPS) is 19.4. The van der Waals surface area contributed by atoms with Crippen LogP contribution in [0.3, 0.4) is 0 Å². The Labute approximate surface area is 279 Å². The molecule has 2 amide bonds. The standard InChI is InChI=1S/C35H48N4O7.CH4/c1-32(2)21-38(30(42)34(5,6)36-32)16-18-45-28(40)26(20-23-14-15-27(44-9)25-13-11-10-12-24(23)25)29(41)46-19-17-39-22-33(3,4)37-35(7,8)31(39)43;/h10-15,20,36-37H,16-19,21-22H2,1-9H3;1H4. The van der Waals surface area contributed by atoms with E-state index in [-0.39, 0.29) is 62.2 Å². The van der Waals surface area contributed by atoms with Crippen molar-refractivity contribution < 1.29 is 33.4 Å². The fourth-order valence-electron chi connectivity index (χ4n) is 6.74. The van der Waals surface area contributed by atoms with Crippen molar-refractivity contribution in [3.05, 3.63) is 47.5 Å². The maximum absolute atomic E-state index is 13.5. The monoisotopic (exact) mass is 652 g/mol. The first-order valence-electron chi connectivity index (χ1n) is 15.6. The summed E-state index contributed by atoms with van der Waals surface area (Å²) in [7, 11) is 1.58. The zero-order chi connectivity index (χ0) is 34.1. The number of benzene rings is 2. The molecular weight excluding hydrogens is 600 g/mol. The Morgan fingerprint density at radius 1 is 0.745 bits per heavy atom. The number of hydrogen-bond donors (Lipinski definition) is 2. The number of esters is 2. The van der Waals surface area contributed by atoms with E-state index in [2.05, 4.69) is 10.6 Å². The van der Waals surface area contributed by atoms with E-state index in [9.17, 15) is 19.2 Å². The molecule has 0 radical (unpaired) electrons. The van der Waals surface area contributed by atoms with Gasteiger partial charge in [-0.3, -0.25) is 20.2 Å². The molecule has 2 aliphatic rings. The second-order valence-corrected chi connectivity index (χ2v) is 14.5. The highest BCUT2D eigenvalue weighted by Gasteiger charge is 2.44. The summed E-state index contributed by atoms with van der Waals surface area (Å²) in [6, 6.07) is 11.0. The maximum Gasteiger partial charge on any atom is 0.345 e. The van der Waals surface area contributed by atoms with Crippen molar-refractivity contribution in [2.45, 2.75) is 85.0 Å². The van der Waals surface area contributed by atoms with Crippen molar-refractivity contribution in [2.24, 2.45) is 0 Å². The molecule has 4 rings (SSSR count). The molecule has 2 saturated heterocycles. The first-order chi connectivity index (χ1) is 21.4. The van der Waals surface area contributed by atoms with Crippen LogP contribution in [-0.2, 0) is 28.7 Å². The van der Waals surface area contributed by atoms with E-state index in [0.717, 1.165) is 10.8 Å². The van der Waals surface area contributed by atoms with Gasteiger partial charge in [0.2, 0.25) is 11.8 Å². The van der Waals surface area contributed by atoms with Crippen LogP contribution in [0.2, 0.25) is 0 Å². The van der Waals surface area contributed by atoms with Crippen molar-refractivity contribution in [3.63, 3.8) is 0 Å². The number of amides is 2. The number of methoxy groups -OCH3 is 1. The number of fused-ring (bicyclic) bond motifs is 1. The summed E-state index contributed by atoms with van der Waals surface area (Å²) < 4.78 is 16.7. The minimum absolute atomic E-state index is 0. The number of ether oxygens (including phenoxy) is 3. The molecule has 2 heterocycles. The van der Waals surface area contributed by atoms with E-state index in [0.29, 0.717) is 24.4 Å². The Kier molecular flexibility index (Phi) is 11.2. The molecule has 0 spiro atoms. The third-order valence-electron chi connectivity index (χ3n) is 8.18. The summed E-state index contributed by atoms with van der Waals surface area (Å²) in [5.41, 5.74) is -1.90. The molecule has 2 aromatic carbocycles. The number of carbonyl (C=O) groups is 4. The molecule has 2 N–H and O–H groups in total. The minimum atomic E-state index is -0.869. The van der Waals surface area contributed by atoms with Crippen molar-refractivity contribution in [3.8, 4) is 5.75 Å². The summed E-state index contributed by atoms with van der Waals surface area (Å²) in [5.74, 6) is -1.29. The predicted octanol–water partition coefficient (Wildman–Crippen LogP) is 3.93. The van der Waals surface area contributed by atoms with Crippen LogP contribution in [0.25, 0.3) is 16.8 Å². The van der Waals surface area contributed by atoms with Gasteiger partial charge < -0.3 is 24.0 Å². The third kappa shape index (κ3) is 8.70. The first kappa shape index (κ1) is 37.5. The molecule has 11 nitrogen and oxygen atoms in total. The first-order valence-corrected chi connectivity index (χ1v) is 15.6. The molecule has 11 heteroatoms. The van der Waals surface area contributed by atoms with Gasteiger partial charge in [-0.05, 0) is 78.5 Å². The summed E-state index contributed by atoms with van der Waals surface area (Å²) in [4.78, 5) is 56.4. The van der Waals surface area contributed by atoms with Crippen LogP contribution in [0.4, 0.5) is 0 Å². The van der Waals surface area contributed by atoms with Crippen molar-refractivity contribution in [1.29, 1.82) is 0 Å². The van der Waals surface area contributed by atoms with E-state index < -0.39 is 23.0 Å². The second kappa shape index (κ2) is 14.0. The van der Waals surface area contributed by atoms with E-state index in [4.69, 9.17) is 14.2 Å². The number of hydrogen-bond acceptors (Lipinski definition) is 9. The van der Waals surface area contributed by atoms with E-state index >= 15 is 0 Å². The number of piperazine rings is 2. The van der Waals surface area contributed by atoms with Crippen molar-refractivity contribution >= 4 is 40.6 Å². The van der Waals surface area contributed by atoms with Crippen LogP contribution >= 0.6 is 0 Å². The van der Waals surface area contributed by atoms with Crippen LogP contribution in [0.1, 0.15) is 68.4 Å². The summed E-state index contributed by atoms with van der Waals surface area (Å²) in [5, 5.41) is 8.27. The number of rotatable bonds is 10. The molecule has 2 fully saturated rings. The van der Waals surface area contributed by atoms with Gasteiger partial charge in [0, 0.05) is 29.6 Å². The lowest BCUT2D eigenvalue weighted by Crippen LogP contribution is -2.69. The van der Waals surface area contributed by atoms with Gasteiger partial charge in [0.1, 0.15) is 24.5 Å². The Morgan fingerprint density at radius 3 is 1.64 bits per heavy atom. The largest absolute Gasteiger partial charge is 0.496 e. The second-order valence-electron chi connectivity index (χ2n) is 14.5. The molecule has 0 saturated carbocycles. The highest BCUT2D eigenvalue weighted by molar-refractivity contribution is 6.18. The fraction of sp³-hybridized carbons (Fsp3) is 0.556. The van der Waals surface area contributed by atoms with Crippen LogP contribution in [0.15, 0.2) is 42.0 Å². The SMILES string of the molecule is C.COc1ccc(C=C(C(=O)OCCN2CC(C)(C)NC(C)(C)C2=O)C(=O)OCCN2CC(C)(C)NC(C)(C)C2=O)c2ccccc12. The van der Waals surface area contributed by atoms with Crippen LogP contribution in [0, 0.1) is 0 Å². The molecule has 0 unspecified atom stereocenters. The Morgan fingerprint density at radius 2 is 1.19 bits per heavy atom. The molecule has 0 atom stereocenters. The fourth-order valence-corrected chi connectivity index (χ4v) is 6.74. The Hall–Kier alpha value is -3.96. The minimum Gasteiger partial charge on any atom is -0.496 e. The average Bonchev–Trinajstić information content (AvgIpc) is 2.95. The molecule has 0 aromatic heterocycles. The number of carbonyl (C=O) groups excluding carboxylic acids is 4. The van der Waals surface area contributed by atoms with Gasteiger partial charge in [-0.25, -0.2) is 9.59 Å². The molecule has 258 valence electrons. The third-order valence-corrected chi connectivity index (χ3v) is 8.18. The molecule has 0 aliphatic carbocycles.